The average molecular weight is 304 g/mol. The first-order chi connectivity index (χ1) is 8.93. The number of rotatable bonds is 6. The van der Waals surface area contributed by atoms with Crippen molar-refractivity contribution in [2.24, 2.45) is 0 Å². The second-order valence-corrected chi connectivity index (χ2v) is 5.00. The SMILES string of the molecule is CCCC(CC(=O)O)NC(=O)c1ccc(Cl)c(Cl)c1. The average Bonchev–Trinajstić information content (AvgIpc) is 2.32. The third-order valence-electron chi connectivity index (χ3n) is 2.58. The molecule has 0 aliphatic rings. The summed E-state index contributed by atoms with van der Waals surface area (Å²) in [6, 6.07) is 4.16. The smallest absolute Gasteiger partial charge is 0.305 e. The molecule has 0 bridgehead atoms. The second-order valence-electron chi connectivity index (χ2n) is 4.19. The van der Waals surface area contributed by atoms with E-state index in [9.17, 15) is 9.59 Å². The van der Waals surface area contributed by atoms with Crippen molar-refractivity contribution in [2.75, 3.05) is 0 Å². The summed E-state index contributed by atoms with van der Waals surface area (Å²) >= 11 is 11.6. The van der Waals surface area contributed by atoms with E-state index < -0.39 is 5.97 Å². The number of carbonyl (C=O) groups is 2. The Morgan fingerprint density at radius 1 is 1.32 bits per heavy atom. The summed E-state index contributed by atoms with van der Waals surface area (Å²) in [5.41, 5.74) is 0.362. The van der Waals surface area contributed by atoms with Crippen molar-refractivity contribution in [3.05, 3.63) is 33.8 Å². The van der Waals surface area contributed by atoms with Crippen LogP contribution < -0.4 is 5.32 Å². The lowest BCUT2D eigenvalue weighted by Crippen LogP contribution is -2.36. The standard InChI is InChI=1S/C13H15Cl2NO3/c1-2-3-9(7-12(17)18)16-13(19)8-4-5-10(14)11(15)6-8/h4-6,9H,2-3,7H2,1H3,(H,16,19)(H,17,18). The Labute approximate surface area is 121 Å². The molecular weight excluding hydrogens is 289 g/mol. The molecule has 104 valence electrons. The quantitative estimate of drug-likeness (QED) is 0.847. The van der Waals surface area contributed by atoms with Gasteiger partial charge in [0.25, 0.3) is 5.91 Å². The van der Waals surface area contributed by atoms with Crippen LogP contribution in [0.15, 0.2) is 18.2 Å². The third-order valence-corrected chi connectivity index (χ3v) is 3.31. The van der Waals surface area contributed by atoms with Gasteiger partial charge in [-0.15, -0.1) is 0 Å². The van der Waals surface area contributed by atoms with Gasteiger partial charge in [0.1, 0.15) is 0 Å². The summed E-state index contributed by atoms with van der Waals surface area (Å²) in [5.74, 6) is -1.29. The predicted octanol–water partition coefficient (Wildman–Crippen LogP) is 3.37. The van der Waals surface area contributed by atoms with Crippen molar-refractivity contribution in [3.8, 4) is 0 Å². The Bertz CT molecular complexity index is 477. The summed E-state index contributed by atoms with van der Waals surface area (Å²) in [5, 5.41) is 12.1. The zero-order valence-corrected chi connectivity index (χ0v) is 12.0. The molecule has 1 aromatic rings. The van der Waals surface area contributed by atoms with Crippen LogP contribution >= 0.6 is 23.2 Å². The van der Waals surface area contributed by atoms with Crippen LogP contribution in [0.25, 0.3) is 0 Å². The molecule has 0 aliphatic carbocycles. The fourth-order valence-electron chi connectivity index (χ4n) is 1.69. The van der Waals surface area contributed by atoms with Crippen molar-refractivity contribution in [3.63, 3.8) is 0 Å². The number of halogens is 2. The number of hydrogen-bond donors (Lipinski definition) is 2. The summed E-state index contributed by atoms with van der Waals surface area (Å²) in [7, 11) is 0. The van der Waals surface area contributed by atoms with Crippen LogP contribution in [0.3, 0.4) is 0 Å². The molecule has 2 N–H and O–H groups in total. The zero-order chi connectivity index (χ0) is 14.4. The molecular formula is C13H15Cl2NO3. The molecule has 6 heteroatoms. The van der Waals surface area contributed by atoms with E-state index in [0.29, 0.717) is 22.0 Å². The summed E-state index contributed by atoms with van der Waals surface area (Å²) in [6.45, 7) is 1.93. The number of aliphatic carboxylic acids is 1. The lowest BCUT2D eigenvalue weighted by atomic mass is 10.1. The molecule has 1 rings (SSSR count). The topological polar surface area (TPSA) is 66.4 Å². The summed E-state index contributed by atoms with van der Waals surface area (Å²) in [4.78, 5) is 22.7. The largest absolute Gasteiger partial charge is 0.481 e. The molecule has 0 fully saturated rings. The molecule has 0 aromatic heterocycles. The van der Waals surface area contributed by atoms with Gasteiger partial charge in [0.2, 0.25) is 0 Å². The summed E-state index contributed by atoms with van der Waals surface area (Å²) < 4.78 is 0. The molecule has 1 aromatic carbocycles. The molecule has 0 saturated heterocycles. The van der Waals surface area contributed by atoms with Gasteiger partial charge in [-0.25, -0.2) is 0 Å². The number of carbonyl (C=O) groups excluding carboxylic acids is 1. The molecule has 0 saturated carbocycles. The van der Waals surface area contributed by atoms with E-state index in [1.165, 1.54) is 12.1 Å². The fraction of sp³-hybridized carbons (Fsp3) is 0.385. The number of hydrogen-bond acceptors (Lipinski definition) is 2. The minimum atomic E-state index is -0.937. The number of amides is 1. The van der Waals surface area contributed by atoms with Crippen molar-refractivity contribution in [2.45, 2.75) is 32.2 Å². The number of carboxylic acids is 1. The molecule has 19 heavy (non-hydrogen) atoms. The van der Waals surface area contributed by atoms with Crippen molar-refractivity contribution >= 4 is 35.1 Å². The molecule has 1 unspecified atom stereocenters. The van der Waals surface area contributed by atoms with Crippen molar-refractivity contribution < 1.29 is 14.7 Å². The van der Waals surface area contributed by atoms with E-state index in [1.807, 2.05) is 6.92 Å². The van der Waals surface area contributed by atoms with E-state index in [0.717, 1.165) is 6.42 Å². The van der Waals surface area contributed by atoms with E-state index in [-0.39, 0.29) is 18.4 Å². The first-order valence-electron chi connectivity index (χ1n) is 5.91. The van der Waals surface area contributed by atoms with Gasteiger partial charge in [0, 0.05) is 11.6 Å². The summed E-state index contributed by atoms with van der Waals surface area (Å²) in [6.07, 6.45) is 1.31. The Hall–Kier alpha value is -1.26. The molecule has 1 amide bonds. The van der Waals surface area contributed by atoms with Gasteiger partial charge in [0.05, 0.1) is 16.5 Å². The third kappa shape index (κ3) is 5.09. The van der Waals surface area contributed by atoms with Crippen LogP contribution in [-0.4, -0.2) is 23.0 Å². The van der Waals surface area contributed by atoms with Gasteiger partial charge in [-0.3, -0.25) is 9.59 Å². The van der Waals surface area contributed by atoms with Crippen molar-refractivity contribution in [1.82, 2.24) is 5.32 Å². The van der Waals surface area contributed by atoms with Crippen molar-refractivity contribution in [1.29, 1.82) is 0 Å². The number of nitrogens with one attached hydrogen (secondary N) is 1. The van der Waals surface area contributed by atoms with Crippen LogP contribution in [0.1, 0.15) is 36.5 Å². The van der Waals surface area contributed by atoms with Crippen LogP contribution in [0.5, 0.6) is 0 Å². The lowest BCUT2D eigenvalue weighted by Gasteiger charge is -2.16. The Kier molecular flexibility index (Phi) is 6.12. The minimum absolute atomic E-state index is 0.0963. The number of carboxylic acid groups (broad SMARTS) is 1. The minimum Gasteiger partial charge on any atom is -0.481 e. The van der Waals surface area contributed by atoms with E-state index in [4.69, 9.17) is 28.3 Å². The second kappa shape index (κ2) is 7.36. The molecule has 1 atom stereocenters. The maximum Gasteiger partial charge on any atom is 0.305 e. The van der Waals surface area contributed by atoms with E-state index in [2.05, 4.69) is 5.32 Å². The molecule has 0 spiro atoms. The molecule has 0 radical (unpaired) electrons. The molecule has 0 heterocycles. The first kappa shape index (κ1) is 15.8. The Morgan fingerprint density at radius 2 is 2.00 bits per heavy atom. The van der Waals surface area contributed by atoms with Crippen LogP contribution in [-0.2, 0) is 4.79 Å². The zero-order valence-electron chi connectivity index (χ0n) is 10.5. The maximum atomic E-state index is 12.0. The Balaban J connectivity index is 2.75. The highest BCUT2D eigenvalue weighted by Gasteiger charge is 2.16. The van der Waals surface area contributed by atoms with Crippen LogP contribution in [0, 0.1) is 0 Å². The van der Waals surface area contributed by atoms with Gasteiger partial charge in [0.15, 0.2) is 0 Å². The van der Waals surface area contributed by atoms with E-state index in [1.54, 1.807) is 6.07 Å². The van der Waals surface area contributed by atoms with Gasteiger partial charge >= 0.3 is 5.97 Å². The normalized spacial score (nSPS) is 11.9. The van der Waals surface area contributed by atoms with Crippen LogP contribution in [0.4, 0.5) is 0 Å². The van der Waals surface area contributed by atoms with Gasteiger partial charge in [-0.05, 0) is 24.6 Å². The van der Waals surface area contributed by atoms with Gasteiger partial charge in [-0.2, -0.15) is 0 Å². The lowest BCUT2D eigenvalue weighted by molar-refractivity contribution is -0.137. The van der Waals surface area contributed by atoms with Crippen LogP contribution in [0.2, 0.25) is 10.0 Å². The predicted molar refractivity (Wildman–Crippen MR) is 74.9 cm³/mol. The number of benzene rings is 1. The maximum absolute atomic E-state index is 12.0. The monoisotopic (exact) mass is 303 g/mol. The highest BCUT2D eigenvalue weighted by atomic mass is 35.5. The highest BCUT2D eigenvalue weighted by molar-refractivity contribution is 6.42. The Morgan fingerprint density at radius 3 is 2.53 bits per heavy atom. The van der Waals surface area contributed by atoms with E-state index >= 15 is 0 Å². The molecule has 0 aliphatic heterocycles. The molecule has 4 nitrogen and oxygen atoms in total. The van der Waals surface area contributed by atoms with Gasteiger partial charge in [-0.1, -0.05) is 36.5 Å². The fourth-order valence-corrected chi connectivity index (χ4v) is 1.99. The first-order valence-corrected chi connectivity index (χ1v) is 6.67. The highest BCUT2D eigenvalue weighted by Crippen LogP contribution is 2.22. The van der Waals surface area contributed by atoms with Gasteiger partial charge < -0.3 is 10.4 Å².